The molecule has 0 aliphatic heterocycles. The Morgan fingerprint density at radius 3 is 2.50 bits per heavy atom. The van der Waals surface area contributed by atoms with Crippen LogP contribution in [0.15, 0.2) is 28.2 Å². The van der Waals surface area contributed by atoms with Crippen molar-refractivity contribution in [3.63, 3.8) is 0 Å². The van der Waals surface area contributed by atoms with Gasteiger partial charge in [0.25, 0.3) is 0 Å². The maximum atomic E-state index is 4.57. The molecule has 0 spiro atoms. The van der Waals surface area contributed by atoms with Crippen molar-refractivity contribution in [2.24, 2.45) is 9.98 Å². The van der Waals surface area contributed by atoms with E-state index in [2.05, 4.69) is 51.7 Å². The lowest BCUT2D eigenvalue weighted by molar-refractivity contribution is 1.13. The minimum Gasteiger partial charge on any atom is -0.195 e. The van der Waals surface area contributed by atoms with Crippen LogP contribution in [0.1, 0.15) is 12.5 Å². The molecule has 1 aromatic rings. The zero-order valence-electron chi connectivity index (χ0n) is 7.65. The second kappa shape index (κ2) is 5.53. The second-order valence-corrected chi connectivity index (χ2v) is 2.94. The number of rotatable bonds is 3. The van der Waals surface area contributed by atoms with E-state index in [1.165, 1.54) is 0 Å². The second-order valence-electron chi connectivity index (χ2n) is 2.57. The standard InChI is InChI=1S/C10H8N2S2/c1-2-8-3-4-9(11-6-13)5-10(8)12-7-14/h3-5H,2H2,1H3. The molecule has 0 heterocycles. The molecule has 14 heavy (non-hydrogen) atoms. The van der Waals surface area contributed by atoms with Gasteiger partial charge < -0.3 is 0 Å². The van der Waals surface area contributed by atoms with Crippen molar-refractivity contribution < 1.29 is 0 Å². The summed E-state index contributed by atoms with van der Waals surface area (Å²) in [7, 11) is 0. The van der Waals surface area contributed by atoms with E-state index in [9.17, 15) is 0 Å². The first-order valence-electron chi connectivity index (χ1n) is 4.10. The van der Waals surface area contributed by atoms with Crippen molar-refractivity contribution >= 4 is 46.1 Å². The number of hydrogen-bond acceptors (Lipinski definition) is 4. The lowest BCUT2D eigenvalue weighted by Crippen LogP contribution is -1.80. The lowest BCUT2D eigenvalue weighted by atomic mass is 10.1. The highest BCUT2D eigenvalue weighted by Crippen LogP contribution is 2.25. The topological polar surface area (TPSA) is 24.7 Å². The number of hydrogen-bond donors (Lipinski definition) is 0. The molecule has 0 saturated carbocycles. The number of aryl methyl sites for hydroxylation is 1. The Morgan fingerprint density at radius 2 is 1.93 bits per heavy atom. The SMILES string of the molecule is CCc1ccc(N=C=S)cc1N=C=S. The van der Waals surface area contributed by atoms with E-state index in [0.717, 1.165) is 23.4 Å². The van der Waals surface area contributed by atoms with Gasteiger partial charge in [0, 0.05) is 0 Å². The van der Waals surface area contributed by atoms with E-state index in [-0.39, 0.29) is 0 Å². The zero-order chi connectivity index (χ0) is 10.4. The molecule has 0 aromatic heterocycles. The molecule has 70 valence electrons. The molecule has 0 bridgehead atoms. The summed E-state index contributed by atoms with van der Waals surface area (Å²) in [6, 6.07) is 5.65. The van der Waals surface area contributed by atoms with Crippen molar-refractivity contribution in [3.05, 3.63) is 23.8 Å². The summed E-state index contributed by atoms with van der Waals surface area (Å²) in [6.45, 7) is 2.06. The molecule has 1 aromatic carbocycles. The minimum atomic E-state index is 0.737. The van der Waals surface area contributed by atoms with Gasteiger partial charge in [-0.05, 0) is 48.6 Å². The Morgan fingerprint density at radius 1 is 1.21 bits per heavy atom. The molecule has 0 aliphatic rings. The molecule has 2 nitrogen and oxygen atoms in total. The Balaban J connectivity index is 3.26. The number of benzene rings is 1. The highest BCUT2D eigenvalue weighted by atomic mass is 32.1. The molecule has 0 N–H and O–H groups in total. The van der Waals surface area contributed by atoms with Gasteiger partial charge in [-0.3, -0.25) is 0 Å². The Labute approximate surface area is 93.4 Å². The average Bonchev–Trinajstić information content (AvgIpc) is 2.19. The Bertz CT molecular complexity index is 428. The van der Waals surface area contributed by atoms with Gasteiger partial charge in [0.1, 0.15) is 0 Å². The maximum absolute atomic E-state index is 4.57. The third-order valence-corrected chi connectivity index (χ3v) is 1.97. The van der Waals surface area contributed by atoms with Gasteiger partial charge in [0.2, 0.25) is 0 Å². The normalized spacial score (nSPS) is 8.64. The van der Waals surface area contributed by atoms with Crippen LogP contribution in [-0.2, 0) is 6.42 Å². The average molecular weight is 220 g/mol. The van der Waals surface area contributed by atoms with Gasteiger partial charge in [-0.15, -0.1) is 0 Å². The van der Waals surface area contributed by atoms with Gasteiger partial charge in [-0.1, -0.05) is 13.0 Å². The van der Waals surface area contributed by atoms with E-state index in [1.54, 1.807) is 0 Å². The van der Waals surface area contributed by atoms with Gasteiger partial charge in [0.15, 0.2) is 0 Å². The Kier molecular flexibility index (Phi) is 4.30. The number of thiocarbonyl (C=S) groups is 2. The highest BCUT2D eigenvalue weighted by Gasteiger charge is 1.99. The summed E-state index contributed by atoms with van der Waals surface area (Å²) < 4.78 is 0. The monoisotopic (exact) mass is 220 g/mol. The molecule has 0 fully saturated rings. The van der Waals surface area contributed by atoms with E-state index >= 15 is 0 Å². The Hall–Kier alpha value is -1.18. The van der Waals surface area contributed by atoms with Crippen LogP contribution >= 0.6 is 24.4 Å². The fourth-order valence-electron chi connectivity index (χ4n) is 1.13. The molecule has 0 radical (unpaired) electrons. The molecule has 0 unspecified atom stereocenters. The molecular formula is C10H8N2S2. The van der Waals surface area contributed by atoms with Gasteiger partial charge in [0.05, 0.1) is 21.7 Å². The summed E-state index contributed by atoms with van der Waals surface area (Å²) in [5, 5.41) is 4.66. The smallest absolute Gasteiger partial charge is 0.0793 e. The first-order valence-corrected chi connectivity index (χ1v) is 4.92. The summed E-state index contributed by atoms with van der Waals surface area (Å²) in [5.74, 6) is 0. The van der Waals surface area contributed by atoms with E-state index < -0.39 is 0 Å². The summed E-state index contributed by atoms with van der Waals surface area (Å²) in [6.07, 6.45) is 0.900. The van der Waals surface area contributed by atoms with Gasteiger partial charge in [-0.25, -0.2) is 0 Å². The predicted octanol–water partition coefficient (Wildman–Crippen LogP) is 3.72. The minimum absolute atomic E-state index is 0.737. The summed E-state index contributed by atoms with van der Waals surface area (Å²) in [5.41, 5.74) is 2.65. The third-order valence-electron chi connectivity index (χ3n) is 1.79. The lowest BCUT2D eigenvalue weighted by Gasteiger charge is -2.01. The van der Waals surface area contributed by atoms with Crippen molar-refractivity contribution in [2.45, 2.75) is 13.3 Å². The van der Waals surface area contributed by atoms with Crippen LogP contribution in [0.4, 0.5) is 11.4 Å². The van der Waals surface area contributed by atoms with Crippen molar-refractivity contribution in [1.29, 1.82) is 0 Å². The number of isothiocyanates is 2. The van der Waals surface area contributed by atoms with Crippen molar-refractivity contribution in [2.75, 3.05) is 0 Å². The van der Waals surface area contributed by atoms with E-state index in [0.29, 0.717) is 0 Å². The van der Waals surface area contributed by atoms with Crippen LogP contribution < -0.4 is 0 Å². The number of nitrogens with zero attached hydrogens (tertiary/aromatic N) is 2. The van der Waals surface area contributed by atoms with Gasteiger partial charge >= 0.3 is 0 Å². The summed E-state index contributed by atoms with van der Waals surface area (Å²) >= 11 is 9.09. The van der Waals surface area contributed by atoms with Crippen LogP contribution in [0.5, 0.6) is 0 Å². The third kappa shape index (κ3) is 2.66. The fraction of sp³-hybridized carbons (Fsp3) is 0.200. The van der Waals surface area contributed by atoms with Crippen LogP contribution in [0.3, 0.4) is 0 Å². The largest absolute Gasteiger partial charge is 0.195 e. The van der Waals surface area contributed by atoms with Crippen molar-refractivity contribution in [3.8, 4) is 0 Å². The molecular weight excluding hydrogens is 212 g/mol. The van der Waals surface area contributed by atoms with Crippen LogP contribution in [0.2, 0.25) is 0 Å². The molecule has 1 rings (SSSR count). The first-order chi connectivity index (χ1) is 6.81. The van der Waals surface area contributed by atoms with Crippen LogP contribution in [-0.4, -0.2) is 10.3 Å². The maximum Gasteiger partial charge on any atom is 0.0793 e. The highest BCUT2D eigenvalue weighted by molar-refractivity contribution is 7.78. The fourth-order valence-corrected chi connectivity index (χ4v) is 1.33. The first kappa shape index (κ1) is 10.9. The summed E-state index contributed by atoms with van der Waals surface area (Å²) in [4.78, 5) is 7.83. The number of aliphatic imine (C=N–C) groups is 2. The van der Waals surface area contributed by atoms with E-state index in [1.807, 2.05) is 18.2 Å². The quantitative estimate of drug-likeness (QED) is 0.573. The van der Waals surface area contributed by atoms with Crippen LogP contribution in [0, 0.1) is 0 Å². The van der Waals surface area contributed by atoms with Crippen LogP contribution in [0.25, 0.3) is 0 Å². The molecule has 4 heteroatoms. The molecule has 0 amide bonds. The van der Waals surface area contributed by atoms with Gasteiger partial charge in [-0.2, -0.15) is 9.98 Å². The predicted molar refractivity (Wildman–Crippen MR) is 65.2 cm³/mol. The van der Waals surface area contributed by atoms with E-state index in [4.69, 9.17) is 0 Å². The van der Waals surface area contributed by atoms with Crippen molar-refractivity contribution in [1.82, 2.24) is 0 Å². The molecule has 0 atom stereocenters. The zero-order valence-corrected chi connectivity index (χ0v) is 9.28. The molecule has 0 aliphatic carbocycles. The molecule has 0 saturated heterocycles.